The maximum atomic E-state index is 6.34. The summed E-state index contributed by atoms with van der Waals surface area (Å²) in [4.78, 5) is 2.44. The molecule has 1 aromatic rings. The zero-order chi connectivity index (χ0) is 13.8. The number of hydrogen-bond acceptors (Lipinski definition) is 3. The van der Waals surface area contributed by atoms with Crippen molar-refractivity contribution in [3.63, 3.8) is 0 Å². The van der Waals surface area contributed by atoms with Gasteiger partial charge in [-0.3, -0.25) is 0 Å². The lowest BCUT2D eigenvalue weighted by Crippen LogP contribution is -2.49. The van der Waals surface area contributed by atoms with Crippen molar-refractivity contribution in [2.45, 2.75) is 38.8 Å². The minimum absolute atomic E-state index is 0.257. The Labute approximate surface area is 120 Å². The summed E-state index contributed by atoms with van der Waals surface area (Å²) < 4.78 is 5.76. The lowest BCUT2D eigenvalue weighted by Gasteiger charge is -2.41. The fourth-order valence-electron chi connectivity index (χ4n) is 2.69. The van der Waals surface area contributed by atoms with E-state index in [4.69, 9.17) is 22.1 Å². The molecule has 19 heavy (non-hydrogen) atoms. The first-order valence-corrected chi connectivity index (χ1v) is 7.40. The molecule has 1 aliphatic heterocycles. The number of hydrogen-bond donors (Lipinski definition) is 1. The molecule has 1 fully saturated rings. The highest BCUT2D eigenvalue weighted by molar-refractivity contribution is 6.31. The summed E-state index contributed by atoms with van der Waals surface area (Å²) >= 11 is 6.34. The third-order valence-electron chi connectivity index (χ3n) is 3.74. The second-order valence-electron chi connectivity index (χ2n) is 5.13. The van der Waals surface area contributed by atoms with Crippen LogP contribution in [0, 0.1) is 0 Å². The molecule has 0 amide bonds. The number of ether oxygens (including phenoxy) is 1. The number of nitrogens with zero attached hydrogens (tertiary/aromatic N) is 1. The van der Waals surface area contributed by atoms with Crippen LogP contribution in [-0.2, 0) is 11.2 Å². The lowest BCUT2D eigenvalue weighted by molar-refractivity contribution is 0.0299. The summed E-state index contributed by atoms with van der Waals surface area (Å²) in [6.07, 6.45) is 2.14. The Morgan fingerprint density at radius 1 is 1.47 bits per heavy atom. The molecule has 2 rings (SSSR count). The van der Waals surface area contributed by atoms with Gasteiger partial charge in [0.15, 0.2) is 0 Å². The highest BCUT2D eigenvalue weighted by atomic mass is 35.5. The molecule has 0 aromatic heterocycles. The van der Waals surface area contributed by atoms with Crippen LogP contribution in [0.15, 0.2) is 18.2 Å². The van der Waals surface area contributed by atoms with Crippen LogP contribution in [-0.4, -0.2) is 31.8 Å². The second-order valence-corrected chi connectivity index (χ2v) is 5.54. The van der Waals surface area contributed by atoms with Gasteiger partial charge in [0.25, 0.3) is 0 Å². The summed E-state index contributed by atoms with van der Waals surface area (Å²) in [7, 11) is 0. The van der Waals surface area contributed by atoms with Crippen molar-refractivity contribution >= 4 is 17.3 Å². The van der Waals surface area contributed by atoms with Gasteiger partial charge in [-0.05, 0) is 44.0 Å². The van der Waals surface area contributed by atoms with E-state index in [1.165, 1.54) is 11.3 Å². The van der Waals surface area contributed by atoms with Crippen LogP contribution in [0.25, 0.3) is 0 Å². The predicted octanol–water partition coefficient (Wildman–Crippen LogP) is 2.84. The quantitative estimate of drug-likeness (QED) is 0.923. The highest BCUT2D eigenvalue weighted by Crippen LogP contribution is 2.31. The van der Waals surface area contributed by atoms with Gasteiger partial charge in [-0.25, -0.2) is 0 Å². The Kier molecular flexibility index (Phi) is 5.08. The molecule has 4 heteroatoms. The van der Waals surface area contributed by atoms with Crippen molar-refractivity contribution in [1.29, 1.82) is 0 Å². The standard InChI is InChI=1S/C15H23ClN2O/c1-3-12-10-19-11(2)9-18(12)15-6-4-5-14(16)13(15)7-8-17/h4-6,11-12H,3,7-10,17H2,1-2H3. The Balaban J connectivity index is 2.35. The van der Waals surface area contributed by atoms with Crippen molar-refractivity contribution in [1.82, 2.24) is 0 Å². The SMILES string of the molecule is CCC1COC(C)CN1c1cccc(Cl)c1CCN. The molecule has 2 N–H and O–H groups in total. The van der Waals surface area contributed by atoms with E-state index in [-0.39, 0.29) is 6.10 Å². The van der Waals surface area contributed by atoms with Crippen molar-refractivity contribution in [3.05, 3.63) is 28.8 Å². The van der Waals surface area contributed by atoms with Gasteiger partial charge in [0.1, 0.15) is 0 Å². The molecule has 0 bridgehead atoms. The first-order chi connectivity index (χ1) is 9.17. The second kappa shape index (κ2) is 6.60. The number of anilines is 1. The van der Waals surface area contributed by atoms with Crippen molar-refractivity contribution < 1.29 is 4.74 Å². The van der Waals surface area contributed by atoms with Crippen molar-refractivity contribution in [2.24, 2.45) is 5.73 Å². The molecule has 0 saturated carbocycles. The van der Waals surface area contributed by atoms with Crippen molar-refractivity contribution in [3.8, 4) is 0 Å². The Morgan fingerprint density at radius 2 is 2.26 bits per heavy atom. The summed E-state index contributed by atoms with van der Waals surface area (Å²) in [5.74, 6) is 0. The predicted molar refractivity (Wildman–Crippen MR) is 81.0 cm³/mol. The van der Waals surface area contributed by atoms with E-state index in [0.717, 1.165) is 31.0 Å². The van der Waals surface area contributed by atoms with E-state index in [1.54, 1.807) is 0 Å². The average molecular weight is 283 g/mol. The number of halogens is 1. The fourth-order valence-corrected chi connectivity index (χ4v) is 2.95. The summed E-state index contributed by atoms with van der Waals surface area (Å²) in [5, 5.41) is 0.817. The highest BCUT2D eigenvalue weighted by Gasteiger charge is 2.27. The van der Waals surface area contributed by atoms with Crippen LogP contribution in [0.2, 0.25) is 5.02 Å². The van der Waals surface area contributed by atoms with Crippen LogP contribution in [0.5, 0.6) is 0 Å². The Bertz CT molecular complexity index is 425. The first kappa shape index (κ1) is 14.6. The topological polar surface area (TPSA) is 38.5 Å². The number of rotatable bonds is 4. The van der Waals surface area contributed by atoms with Crippen LogP contribution < -0.4 is 10.6 Å². The molecule has 2 unspecified atom stereocenters. The van der Waals surface area contributed by atoms with E-state index >= 15 is 0 Å². The monoisotopic (exact) mass is 282 g/mol. The molecule has 1 aromatic carbocycles. The van der Waals surface area contributed by atoms with Crippen LogP contribution in [0.1, 0.15) is 25.8 Å². The molecule has 2 atom stereocenters. The lowest BCUT2D eigenvalue weighted by atomic mass is 10.0. The molecule has 0 spiro atoms. The molecule has 1 saturated heterocycles. The van der Waals surface area contributed by atoms with E-state index < -0.39 is 0 Å². The molecule has 1 aliphatic rings. The van der Waals surface area contributed by atoms with Crippen molar-refractivity contribution in [2.75, 3.05) is 24.6 Å². The van der Waals surface area contributed by atoms with Gasteiger partial charge in [-0.1, -0.05) is 24.6 Å². The average Bonchev–Trinajstić information content (AvgIpc) is 2.41. The summed E-state index contributed by atoms with van der Waals surface area (Å²) in [5.41, 5.74) is 8.11. The molecule has 0 aliphatic carbocycles. The fraction of sp³-hybridized carbons (Fsp3) is 0.600. The van der Waals surface area contributed by atoms with Crippen LogP contribution in [0.3, 0.4) is 0 Å². The smallest absolute Gasteiger partial charge is 0.0723 e. The first-order valence-electron chi connectivity index (χ1n) is 7.03. The molecule has 3 nitrogen and oxygen atoms in total. The maximum absolute atomic E-state index is 6.34. The van der Waals surface area contributed by atoms with Crippen LogP contribution in [0.4, 0.5) is 5.69 Å². The number of benzene rings is 1. The number of morpholine rings is 1. The molecular formula is C15H23ClN2O. The van der Waals surface area contributed by atoms with Crippen LogP contribution >= 0.6 is 11.6 Å². The van der Waals surface area contributed by atoms with Gasteiger partial charge in [-0.15, -0.1) is 0 Å². The van der Waals surface area contributed by atoms with E-state index in [0.29, 0.717) is 12.6 Å². The van der Waals surface area contributed by atoms with E-state index in [9.17, 15) is 0 Å². The maximum Gasteiger partial charge on any atom is 0.0723 e. The van der Waals surface area contributed by atoms with Gasteiger partial charge in [0.05, 0.1) is 18.8 Å². The Hall–Kier alpha value is -0.770. The van der Waals surface area contributed by atoms with Gasteiger partial charge >= 0.3 is 0 Å². The van der Waals surface area contributed by atoms with E-state index in [2.05, 4.69) is 24.8 Å². The largest absolute Gasteiger partial charge is 0.375 e. The Morgan fingerprint density at radius 3 is 2.95 bits per heavy atom. The minimum atomic E-state index is 0.257. The van der Waals surface area contributed by atoms with Gasteiger partial charge in [0, 0.05) is 17.3 Å². The van der Waals surface area contributed by atoms with Gasteiger partial charge < -0.3 is 15.4 Å². The third kappa shape index (κ3) is 3.22. The molecular weight excluding hydrogens is 260 g/mol. The third-order valence-corrected chi connectivity index (χ3v) is 4.09. The zero-order valence-electron chi connectivity index (χ0n) is 11.7. The molecule has 1 heterocycles. The van der Waals surface area contributed by atoms with Gasteiger partial charge in [-0.2, -0.15) is 0 Å². The van der Waals surface area contributed by atoms with Gasteiger partial charge in [0.2, 0.25) is 0 Å². The number of nitrogens with two attached hydrogens (primary N) is 1. The zero-order valence-corrected chi connectivity index (χ0v) is 12.5. The summed E-state index contributed by atoms with van der Waals surface area (Å²) in [6.45, 7) is 6.63. The normalized spacial score (nSPS) is 23.7. The van der Waals surface area contributed by atoms with E-state index in [1.807, 2.05) is 12.1 Å². The summed E-state index contributed by atoms with van der Waals surface area (Å²) in [6, 6.07) is 6.54. The molecule has 0 radical (unpaired) electrons. The minimum Gasteiger partial charge on any atom is -0.375 e. The molecule has 106 valence electrons.